The first-order valence-corrected chi connectivity index (χ1v) is 8.12. The largest absolute Gasteiger partial charge is 0.328 e. The number of fused-ring (bicyclic) bond motifs is 1. The van der Waals surface area contributed by atoms with Crippen molar-refractivity contribution in [2.24, 2.45) is 0 Å². The van der Waals surface area contributed by atoms with E-state index in [0.29, 0.717) is 6.42 Å². The Hall–Kier alpha value is -1.84. The molecule has 1 unspecified atom stereocenters. The molecule has 4 heteroatoms. The Morgan fingerprint density at radius 2 is 1.64 bits per heavy atom. The number of carbonyl (C=O) groups excluding carboxylic acids is 2. The van der Waals surface area contributed by atoms with Crippen molar-refractivity contribution in [3.05, 3.63) is 35.4 Å². The van der Waals surface area contributed by atoms with Crippen LogP contribution >= 0.6 is 0 Å². The van der Waals surface area contributed by atoms with E-state index < -0.39 is 5.54 Å². The van der Waals surface area contributed by atoms with E-state index in [9.17, 15) is 9.59 Å². The molecule has 1 heterocycles. The third-order valence-corrected chi connectivity index (χ3v) is 4.93. The van der Waals surface area contributed by atoms with Gasteiger partial charge in [-0.3, -0.25) is 9.69 Å². The molecule has 0 saturated carbocycles. The highest BCUT2D eigenvalue weighted by atomic mass is 16.2. The van der Waals surface area contributed by atoms with Crippen LogP contribution < -0.4 is 0 Å². The van der Waals surface area contributed by atoms with E-state index in [0.717, 1.165) is 12.8 Å². The Bertz CT molecular complexity index is 623. The molecule has 22 heavy (non-hydrogen) atoms. The van der Waals surface area contributed by atoms with E-state index >= 15 is 0 Å². The topological polar surface area (TPSA) is 40.6 Å². The predicted molar refractivity (Wildman–Crippen MR) is 85.6 cm³/mol. The maximum atomic E-state index is 13.1. The van der Waals surface area contributed by atoms with Crippen LogP contribution in [0.1, 0.15) is 45.2 Å². The summed E-state index contributed by atoms with van der Waals surface area (Å²) in [4.78, 5) is 29.2. The summed E-state index contributed by atoms with van der Waals surface area (Å²) in [7, 11) is 0. The number of carbonyl (C=O) groups is 2. The van der Waals surface area contributed by atoms with Crippen molar-refractivity contribution in [3.63, 3.8) is 0 Å². The Morgan fingerprint density at radius 1 is 1.00 bits per heavy atom. The Morgan fingerprint density at radius 3 is 2.23 bits per heavy atom. The molecule has 1 spiro atoms. The highest BCUT2D eigenvalue weighted by molar-refractivity contribution is 6.07. The lowest BCUT2D eigenvalue weighted by atomic mass is 9.76. The second-order valence-electron chi connectivity index (χ2n) is 6.99. The lowest BCUT2D eigenvalue weighted by molar-refractivity contribution is -0.135. The molecule has 0 N–H and O–H groups in total. The number of hydrogen-bond acceptors (Lipinski definition) is 2. The quantitative estimate of drug-likeness (QED) is 0.788. The van der Waals surface area contributed by atoms with Gasteiger partial charge in [-0.2, -0.15) is 0 Å². The van der Waals surface area contributed by atoms with E-state index in [1.807, 2.05) is 44.7 Å². The van der Waals surface area contributed by atoms with Crippen LogP contribution in [0.3, 0.4) is 0 Å². The van der Waals surface area contributed by atoms with Crippen molar-refractivity contribution in [1.82, 2.24) is 9.80 Å². The predicted octanol–water partition coefficient (Wildman–Crippen LogP) is 3.00. The molecule has 118 valence electrons. The Balaban J connectivity index is 2.08. The molecule has 0 bridgehead atoms. The van der Waals surface area contributed by atoms with Crippen molar-refractivity contribution < 1.29 is 9.59 Å². The third kappa shape index (κ3) is 1.97. The molecule has 3 amide bonds. The molecule has 1 saturated heterocycles. The zero-order chi connectivity index (χ0) is 16.1. The maximum Gasteiger partial charge on any atom is 0.328 e. The van der Waals surface area contributed by atoms with Gasteiger partial charge in [0.2, 0.25) is 0 Å². The molecular formula is C18H24N2O2. The first-order chi connectivity index (χ1) is 10.4. The summed E-state index contributed by atoms with van der Waals surface area (Å²) in [6.45, 7) is 7.81. The van der Waals surface area contributed by atoms with Gasteiger partial charge in [0.25, 0.3) is 5.91 Å². The van der Waals surface area contributed by atoms with Gasteiger partial charge in [0.15, 0.2) is 0 Å². The van der Waals surface area contributed by atoms with Crippen molar-refractivity contribution in [1.29, 1.82) is 0 Å². The molecule has 4 nitrogen and oxygen atoms in total. The second-order valence-corrected chi connectivity index (χ2v) is 6.99. The number of benzene rings is 1. The van der Waals surface area contributed by atoms with Crippen LogP contribution in [0.15, 0.2) is 24.3 Å². The number of hydrogen-bond donors (Lipinski definition) is 0. The minimum atomic E-state index is -0.691. The number of rotatable bonds is 2. The highest BCUT2D eigenvalue weighted by Crippen LogP contribution is 2.41. The van der Waals surface area contributed by atoms with Gasteiger partial charge < -0.3 is 4.90 Å². The molecule has 0 radical (unpaired) electrons. The van der Waals surface area contributed by atoms with Gasteiger partial charge in [0.1, 0.15) is 5.54 Å². The lowest BCUT2D eigenvalue weighted by Crippen LogP contribution is -2.55. The van der Waals surface area contributed by atoms with Crippen LogP contribution in [0.4, 0.5) is 4.79 Å². The Kier molecular flexibility index (Phi) is 3.50. The van der Waals surface area contributed by atoms with Crippen molar-refractivity contribution in [2.75, 3.05) is 0 Å². The molecule has 1 aliphatic heterocycles. The minimum absolute atomic E-state index is 0.0179. The number of nitrogens with zero attached hydrogens (tertiary/aromatic N) is 2. The molecule has 1 aromatic rings. The molecule has 1 atom stereocenters. The zero-order valence-electron chi connectivity index (χ0n) is 13.8. The first kappa shape index (κ1) is 15.1. The molecule has 1 aliphatic carbocycles. The average Bonchev–Trinajstić information content (AvgIpc) is 2.66. The normalized spacial score (nSPS) is 24.8. The monoisotopic (exact) mass is 300 g/mol. The number of aryl methyl sites for hydroxylation is 1. The van der Waals surface area contributed by atoms with Gasteiger partial charge >= 0.3 is 6.03 Å². The summed E-state index contributed by atoms with van der Waals surface area (Å²) in [5.74, 6) is -0.0179. The molecule has 3 rings (SSSR count). The van der Waals surface area contributed by atoms with Crippen LogP contribution in [0.2, 0.25) is 0 Å². The summed E-state index contributed by atoms with van der Waals surface area (Å²) < 4.78 is 0. The zero-order valence-corrected chi connectivity index (χ0v) is 13.8. The molecule has 2 aliphatic rings. The van der Waals surface area contributed by atoms with E-state index in [1.54, 1.807) is 0 Å². The first-order valence-electron chi connectivity index (χ1n) is 8.12. The van der Waals surface area contributed by atoms with Crippen molar-refractivity contribution in [2.45, 2.75) is 64.6 Å². The number of amides is 3. The van der Waals surface area contributed by atoms with Gasteiger partial charge in [-0.1, -0.05) is 24.3 Å². The minimum Gasteiger partial charge on any atom is -0.307 e. The molecule has 1 fully saturated rings. The van der Waals surface area contributed by atoms with Crippen LogP contribution in [0, 0.1) is 0 Å². The van der Waals surface area contributed by atoms with Crippen LogP contribution in [-0.4, -0.2) is 39.4 Å². The third-order valence-electron chi connectivity index (χ3n) is 4.93. The number of imide groups is 1. The van der Waals surface area contributed by atoms with Crippen molar-refractivity contribution in [3.8, 4) is 0 Å². The van der Waals surface area contributed by atoms with Crippen molar-refractivity contribution >= 4 is 11.9 Å². The average molecular weight is 300 g/mol. The smallest absolute Gasteiger partial charge is 0.307 e. The van der Waals surface area contributed by atoms with E-state index in [-0.39, 0.29) is 24.0 Å². The summed E-state index contributed by atoms with van der Waals surface area (Å²) >= 11 is 0. The summed E-state index contributed by atoms with van der Waals surface area (Å²) in [5.41, 5.74) is 1.82. The fourth-order valence-electron chi connectivity index (χ4n) is 3.99. The van der Waals surface area contributed by atoms with E-state index in [2.05, 4.69) is 12.1 Å². The van der Waals surface area contributed by atoms with E-state index in [4.69, 9.17) is 0 Å². The summed E-state index contributed by atoms with van der Waals surface area (Å²) in [6.07, 6.45) is 2.20. The fraction of sp³-hybridized carbons (Fsp3) is 0.556. The second kappa shape index (κ2) is 5.11. The van der Waals surface area contributed by atoms with Gasteiger partial charge in [-0.25, -0.2) is 4.79 Å². The van der Waals surface area contributed by atoms with Crippen LogP contribution in [0.5, 0.6) is 0 Å². The summed E-state index contributed by atoms with van der Waals surface area (Å²) in [5, 5.41) is 0. The maximum absolute atomic E-state index is 13.1. The molecular weight excluding hydrogens is 276 g/mol. The molecule has 1 aromatic carbocycles. The molecule has 0 aromatic heterocycles. The number of urea groups is 1. The van der Waals surface area contributed by atoms with Gasteiger partial charge in [-0.05, 0) is 51.7 Å². The SMILES string of the molecule is CC(C)N1C(=O)N(C(C)C)C2(CCc3ccccc3C2)C1=O. The summed E-state index contributed by atoms with van der Waals surface area (Å²) in [6, 6.07) is 8.06. The van der Waals surface area contributed by atoms with Gasteiger partial charge in [-0.15, -0.1) is 0 Å². The van der Waals surface area contributed by atoms with Crippen LogP contribution in [-0.2, 0) is 17.6 Å². The highest BCUT2D eigenvalue weighted by Gasteiger charge is 2.59. The van der Waals surface area contributed by atoms with Gasteiger partial charge in [0.05, 0.1) is 0 Å². The lowest BCUT2D eigenvalue weighted by Gasteiger charge is -2.41. The van der Waals surface area contributed by atoms with Crippen LogP contribution in [0.25, 0.3) is 0 Å². The standard InChI is InChI=1S/C18H24N2O2/c1-12(2)19-16(21)18(20(13(3)4)17(19)22)10-9-14-7-5-6-8-15(14)11-18/h5-8,12-13H,9-11H2,1-4H3. The van der Waals surface area contributed by atoms with E-state index in [1.165, 1.54) is 16.0 Å². The fourth-order valence-corrected chi connectivity index (χ4v) is 3.99. The van der Waals surface area contributed by atoms with Gasteiger partial charge in [0, 0.05) is 18.5 Å². The Labute approximate surface area is 132 Å².